The minimum atomic E-state index is -1.10. The minimum absolute atomic E-state index is 0.0991. The number of hydrogen-bond donors (Lipinski definition) is 1. The Balaban J connectivity index is 1.18. The lowest BCUT2D eigenvalue weighted by molar-refractivity contribution is -0.121. The van der Waals surface area contributed by atoms with Crippen molar-refractivity contribution >= 4 is 39.9 Å². The number of anilines is 1. The Morgan fingerprint density at radius 3 is 2.70 bits per heavy atom. The van der Waals surface area contributed by atoms with E-state index < -0.39 is 24.3 Å². The van der Waals surface area contributed by atoms with Crippen LogP contribution in [-0.2, 0) is 24.3 Å². The van der Waals surface area contributed by atoms with Crippen LogP contribution in [0.1, 0.15) is 58.2 Å². The zero-order chi connectivity index (χ0) is 30.5. The molecule has 1 N–H and O–H groups in total. The van der Waals surface area contributed by atoms with Crippen LogP contribution in [0.15, 0.2) is 54.3 Å². The lowest BCUT2D eigenvalue weighted by Crippen LogP contribution is -2.40. The van der Waals surface area contributed by atoms with E-state index in [2.05, 4.69) is 27.1 Å². The van der Waals surface area contributed by atoms with Gasteiger partial charge in [0.2, 0.25) is 0 Å². The van der Waals surface area contributed by atoms with E-state index in [1.807, 2.05) is 30.3 Å². The predicted molar refractivity (Wildman–Crippen MR) is 165 cm³/mol. The van der Waals surface area contributed by atoms with Gasteiger partial charge in [-0.05, 0) is 48.3 Å². The van der Waals surface area contributed by atoms with Crippen molar-refractivity contribution in [3.05, 3.63) is 87.4 Å². The second kappa shape index (κ2) is 11.7. The number of carbonyl (C=O) groups is 2. The van der Waals surface area contributed by atoms with Crippen LogP contribution in [0.25, 0.3) is 11.1 Å². The molecule has 2 aromatic heterocycles. The summed E-state index contributed by atoms with van der Waals surface area (Å²) in [4.78, 5) is 39.9. The highest BCUT2D eigenvalue weighted by molar-refractivity contribution is 7.13. The van der Waals surface area contributed by atoms with Crippen LogP contribution in [0.4, 0.5) is 13.9 Å². The fraction of sp³-hybridized carbons (Fsp3) is 0.375. The molecule has 0 spiro atoms. The minimum Gasteiger partial charge on any atom is -0.331 e. The van der Waals surface area contributed by atoms with Crippen LogP contribution in [0.2, 0.25) is 5.02 Å². The summed E-state index contributed by atoms with van der Waals surface area (Å²) in [5.41, 5.74) is 4.53. The van der Waals surface area contributed by atoms with Crippen molar-refractivity contribution in [3.63, 3.8) is 0 Å². The van der Waals surface area contributed by atoms with Crippen molar-refractivity contribution < 1.29 is 18.4 Å². The van der Waals surface area contributed by atoms with Crippen LogP contribution >= 0.6 is 22.9 Å². The van der Waals surface area contributed by atoms with E-state index in [4.69, 9.17) is 11.6 Å². The molecular formula is C32H31ClF2N6O2S. The molecule has 5 heterocycles. The quantitative estimate of drug-likeness (QED) is 0.268. The third-order valence-electron chi connectivity index (χ3n) is 9.03. The molecule has 2 aromatic carbocycles. The highest BCUT2D eigenvalue weighted by Crippen LogP contribution is 2.40. The van der Waals surface area contributed by atoms with Crippen molar-refractivity contribution in [2.24, 2.45) is 0 Å². The first-order valence-corrected chi connectivity index (χ1v) is 16.0. The fourth-order valence-corrected chi connectivity index (χ4v) is 7.52. The van der Waals surface area contributed by atoms with E-state index in [-0.39, 0.29) is 31.3 Å². The smallest absolute Gasteiger partial charge is 0.255 e. The lowest BCUT2D eigenvalue weighted by Gasteiger charge is -2.34. The van der Waals surface area contributed by atoms with Crippen molar-refractivity contribution in [3.8, 4) is 11.1 Å². The monoisotopic (exact) mass is 636 g/mol. The molecule has 1 fully saturated rings. The first kappa shape index (κ1) is 29.1. The summed E-state index contributed by atoms with van der Waals surface area (Å²) in [5.74, 6) is -0.984. The van der Waals surface area contributed by atoms with E-state index in [1.165, 1.54) is 22.6 Å². The van der Waals surface area contributed by atoms with Gasteiger partial charge in [-0.1, -0.05) is 42.8 Å². The number of carbonyl (C=O) groups excluding carboxylic acids is 2. The van der Waals surface area contributed by atoms with Gasteiger partial charge in [-0.15, -0.1) is 11.3 Å². The van der Waals surface area contributed by atoms with Gasteiger partial charge in [-0.2, -0.15) is 0 Å². The molecule has 2 amide bonds. The number of nitrogens with zero attached hydrogens (tertiary/aromatic N) is 5. The summed E-state index contributed by atoms with van der Waals surface area (Å²) in [7, 11) is 0. The van der Waals surface area contributed by atoms with Gasteiger partial charge in [0.15, 0.2) is 11.2 Å². The molecule has 8 nitrogen and oxygen atoms in total. The molecular weight excluding hydrogens is 606 g/mol. The maximum atomic E-state index is 14.9. The molecule has 3 aliphatic rings. The number of hydrogen-bond acceptors (Lipinski definition) is 6. The van der Waals surface area contributed by atoms with Gasteiger partial charge < -0.3 is 14.4 Å². The number of benzene rings is 2. The molecule has 4 aromatic rings. The second-order valence-corrected chi connectivity index (χ2v) is 12.9. The van der Waals surface area contributed by atoms with Crippen molar-refractivity contribution in [2.75, 3.05) is 25.0 Å². The molecule has 0 radical (unpaired) electrons. The molecule has 0 aliphatic carbocycles. The van der Waals surface area contributed by atoms with Gasteiger partial charge in [-0.3, -0.25) is 14.9 Å². The van der Waals surface area contributed by atoms with E-state index in [0.29, 0.717) is 39.2 Å². The van der Waals surface area contributed by atoms with E-state index in [0.717, 1.165) is 36.2 Å². The summed E-state index contributed by atoms with van der Waals surface area (Å²) in [6.45, 7) is 4.48. The van der Waals surface area contributed by atoms with Gasteiger partial charge in [0, 0.05) is 58.8 Å². The number of nitrogens with one attached hydrogen (secondary N) is 1. The van der Waals surface area contributed by atoms with Crippen LogP contribution in [0.5, 0.6) is 0 Å². The average Bonchev–Trinajstić information content (AvgIpc) is 3.81. The highest BCUT2D eigenvalue weighted by Gasteiger charge is 2.42. The maximum absolute atomic E-state index is 14.9. The Morgan fingerprint density at radius 1 is 1.16 bits per heavy atom. The number of imidazole rings is 1. The molecule has 1 unspecified atom stereocenters. The molecule has 7 rings (SSSR count). The standard InChI is InChI=1S/C32H31ClF2N6O2S/c1-2-39-9-7-22(26(35)16-39)19-5-3-18(4-6-19)20-11-23-24(25(33)12-20)15-41(31(23)43)29(30(42)38-32-36-8-10-44-32)28-27-13-21(34)14-40(27)17-37-28/h3-6,8,10-12,17,21-22,26,29H,2,7,9,13-16H2,1H3,(H,36,38,42)/t21-,22-,26+,29?/m1/s1. The molecule has 228 valence electrons. The van der Waals surface area contributed by atoms with Gasteiger partial charge in [0.05, 0.1) is 18.6 Å². The Labute approximate surface area is 262 Å². The number of thiazole rings is 1. The van der Waals surface area contributed by atoms with Crippen molar-refractivity contribution in [2.45, 2.75) is 57.2 Å². The van der Waals surface area contributed by atoms with Gasteiger partial charge >= 0.3 is 0 Å². The molecule has 4 atom stereocenters. The second-order valence-electron chi connectivity index (χ2n) is 11.6. The number of likely N-dealkylation sites (tertiary alicyclic amines) is 1. The number of rotatable bonds is 7. The zero-order valence-corrected chi connectivity index (χ0v) is 25.6. The van der Waals surface area contributed by atoms with E-state index in [1.54, 1.807) is 22.2 Å². The summed E-state index contributed by atoms with van der Waals surface area (Å²) >= 11 is 8.04. The molecule has 0 bridgehead atoms. The number of alkyl halides is 2. The van der Waals surface area contributed by atoms with Crippen molar-refractivity contribution in [1.82, 2.24) is 24.3 Å². The number of halogens is 3. The van der Waals surface area contributed by atoms with E-state index in [9.17, 15) is 18.4 Å². The highest BCUT2D eigenvalue weighted by atomic mass is 35.5. The molecule has 12 heteroatoms. The van der Waals surface area contributed by atoms with Gasteiger partial charge in [0.1, 0.15) is 12.3 Å². The van der Waals surface area contributed by atoms with Crippen LogP contribution < -0.4 is 5.32 Å². The summed E-state index contributed by atoms with van der Waals surface area (Å²) in [6.07, 6.45) is 1.99. The van der Waals surface area contributed by atoms with Gasteiger partial charge in [-0.25, -0.2) is 18.7 Å². The molecule has 3 aliphatic heterocycles. The summed E-state index contributed by atoms with van der Waals surface area (Å²) in [5, 5.41) is 5.34. The fourth-order valence-electron chi connectivity index (χ4n) is 6.70. The topological polar surface area (TPSA) is 83.4 Å². The molecule has 0 saturated carbocycles. The van der Waals surface area contributed by atoms with Gasteiger partial charge in [0.25, 0.3) is 11.8 Å². The predicted octanol–water partition coefficient (Wildman–Crippen LogP) is 6.04. The van der Waals surface area contributed by atoms with Crippen molar-refractivity contribution in [1.29, 1.82) is 0 Å². The Hall–Kier alpha value is -3.67. The Kier molecular flexibility index (Phi) is 7.72. The largest absolute Gasteiger partial charge is 0.331 e. The molecule has 1 saturated heterocycles. The third kappa shape index (κ3) is 5.20. The maximum Gasteiger partial charge on any atom is 0.255 e. The number of amides is 2. The SMILES string of the molecule is CCN1CC[C@H](c2ccc(-c3cc(Cl)c4c(c3)C(=O)N(C(C(=O)Nc3nccs3)c3ncn5c3C[C@@H](F)C5)C4)cc2)[C@@H](F)C1. The van der Waals surface area contributed by atoms with E-state index >= 15 is 0 Å². The first-order valence-electron chi connectivity index (χ1n) is 14.8. The first-order chi connectivity index (χ1) is 21.3. The Morgan fingerprint density at radius 2 is 1.98 bits per heavy atom. The summed E-state index contributed by atoms with van der Waals surface area (Å²) < 4.78 is 31.0. The number of fused-ring (bicyclic) bond motifs is 2. The third-order valence-corrected chi connectivity index (χ3v) is 10.1. The lowest BCUT2D eigenvalue weighted by atomic mass is 9.87. The number of aromatic nitrogens is 3. The van der Waals surface area contributed by atoms with Crippen LogP contribution in [0, 0.1) is 0 Å². The summed E-state index contributed by atoms with van der Waals surface area (Å²) in [6, 6.07) is 10.3. The van der Waals surface area contributed by atoms with Crippen LogP contribution in [0.3, 0.4) is 0 Å². The zero-order valence-electron chi connectivity index (χ0n) is 24.1. The van der Waals surface area contributed by atoms with Crippen LogP contribution in [-0.4, -0.2) is 68.1 Å². The number of piperidine rings is 1. The Bertz CT molecular complexity index is 1710. The normalized spacial score (nSPS) is 22.2. The average molecular weight is 637 g/mol. The molecule has 44 heavy (non-hydrogen) atoms.